The van der Waals surface area contributed by atoms with Gasteiger partial charge in [-0.2, -0.15) is 0 Å². The van der Waals surface area contributed by atoms with E-state index in [0.29, 0.717) is 0 Å². The van der Waals surface area contributed by atoms with Gasteiger partial charge in [-0.15, -0.1) is 0 Å². The van der Waals surface area contributed by atoms with E-state index in [9.17, 15) is 0 Å². The van der Waals surface area contributed by atoms with Gasteiger partial charge in [-0.25, -0.2) is 0 Å². The number of benzene rings is 1. The molecule has 2 aromatic rings. The third kappa shape index (κ3) is 2.11. The van der Waals surface area contributed by atoms with E-state index in [1.54, 1.807) is 0 Å². The Labute approximate surface area is 102 Å². The van der Waals surface area contributed by atoms with Crippen molar-refractivity contribution in [3.63, 3.8) is 0 Å². The lowest BCUT2D eigenvalue weighted by atomic mass is 10.2. The molecule has 0 amide bonds. The molecule has 1 aliphatic heterocycles. The zero-order valence-electron chi connectivity index (χ0n) is 10.1. The molecule has 1 aliphatic rings. The summed E-state index contributed by atoms with van der Waals surface area (Å²) in [6.45, 7) is 4.45. The smallest absolute Gasteiger partial charge is 0.0703 e. The van der Waals surface area contributed by atoms with Gasteiger partial charge in [-0.05, 0) is 19.2 Å². The summed E-state index contributed by atoms with van der Waals surface area (Å²) < 4.78 is 0. The molecule has 0 N–H and O–H groups in total. The van der Waals surface area contributed by atoms with E-state index in [1.165, 1.54) is 11.1 Å². The molecule has 1 saturated heterocycles. The Hall–Kier alpha value is -1.61. The van der Waals surface area contributed by atoms with E-state index in [4.69, 9.17) is 0 Å². The number of anilines is 1. The molecule has 0 radical (unpaired) electrons. The second-order valence-electron chi connectivity index (χ2n) is 4.68. The molecule has 1 aromatic heterocycles. The second-order valence-corrected chi connectivity index (χ2v) is 4.68. The number of likely N-dealkylation sites (N-methyl/N-ethyl adjacent to an activating group) is 1. The number of pyridine rings is 1. The van der Waals surface area contributed by atoms with E-state index in [1.807, 2.05) is 12.3 Å². The minimum atomic E-state index is 1.07. The molecule has 0 spiro atoms. The van der Waals surface area contributed by atoms with Crippen LogP contribution in [-0.2, 0) is 0 Å². The quantitative estimate of drug-likeness (QED) is 0.742. The fraction of sp³-hybridized carbons (Fsp3) is 0.357. The van der Waals surface area contributed by atoms with Crippen LogP contribution in [0.5, 0.6) is 0 Å². The molecular formula is C14H17N3. The fourth-order valence-corrected chi connectivity index (χ4v) is 2.30. The maximum Gasteiger partial charge on any atom is 0.0703 e. The van der Waals surface area contributed by atoms with Gasteiger partial charge < -0.3 is 9.80 Å². The van der Waals surface area contributed by atoms with Crippen LogP contribution in [-0.4, -0.2) is 43.1 Å². The molecule has 17 heavy (non-hydrogen) atoms. The van der Waals surface area contributed by atoms with E-state index < -0.39 is 0 Å². The van der Waals surface area contributed by atoms with Crippen molar-refractivity contribution in [1.29, 1.82) is 0 Å². The summed E-state index contributed by atoms with van der Waals surface area (Å²) in [5, 5.41) is 1.23. The van der Waals surface area contributed by atoms with Crippen LogP contribution < -0.4 is 4.90 Å². The van der Waals surface area contributed by atoms with E-state index in [2.05, 4.69) is 46.1 Å². The number of hydrogen-bond donors (Lipinski definition) is 0. The van der Waals surface area contributed by atoms with E-state index in [0.717, 1.165) is 31.7 Å². The molecule has 3 rings (SSSR count). The largest absolute Gasteiger partial charge is 0.368 e. The van der Waals surface area contributed by atoms with Crippen molar-refractivity contribution in [3.05, 3.63) is 36.5 Å². The predicted molar refractivity (Wildman–Crippen MR) is 71.5 cm³/mol. The minimum Gasteiger partial charge on any atom is -0.368 e. The van der Waals surface area contributed by atoms with Gasteiger partial charge in [0.25, 0.3) is 0 Å². The Morgan fingerprint density at radius 2 is 1.82 bits per heavy atom. The Morgan fingerprint density at radius 1 is 1.06 bits per heavy atom. The monoisotopic (exact) mass is 227 g/mol. The van der Waals surface area contributed by atoms with Crippen molar-refractivity contribution < 1.29 is 0 Å². The molecule has 2 heterocycles. The zero-order chi connectivity index (χ0) is 11.7. The molecule has 0 bridgehead atoms. The van der Waals surface area contributed by atoms with Crippen LogP contribution in [0.4, 0.5) is 5.69 Å². The van der Waals surface area contributed by atoms with E-state index >= 15 is 0 Å². The van der Waals surface area contributed by atoms with Gasteiger partial charge in [0.15, 0.2) is 0 Å². The normalized spacial score (nSPS) is 17.6. The highest BCUT2D eigenvalue weighted by Gasteiger charge is 2.14. The molecule has 0 atom stereocenters. The summed E-state index contributed by atoms with van der Waals surface area (Å²) in [4.78, 5) is 9.30. The van der Waals surface area contributed by atoms with Gasteiger partial charge in [0.05, 0.1) is 17.4 Å². The van der Waals surface area contributed by atoms with Crippen LogP contribution in [0, 0.1) is 0 Å². The van der Waals surface area contributed by atoms with Gasteiger partial charge >= 0.3 is 0 Å². The highest BCUT2D eigenvalue weighted by molar-refractivity contribution is 5.81. The summed E-state index contributed by atoms with van der Waals surface area (Å²) in [5.41, 5.74) is 2.32. The zero-order valence-corrected chi connectivity index (χ0v) is 10.1. The number of para-hydroxylation sites is 1. The predicted octanol–water partition coefficient (Wildman–Crippen LogP) is 1.99. The molecule has 88 valence electrons. The molecular weight excluding hydrogens is 210 g/mol. The molecule has 3 nitrogen and oxygen atoms in total. The van der Waals surface area contributed by atoms with Crippen molar-refractivity contribution in [1.82, 2.24) is 9.88 Å². The Balaban J connectivity index is 1.90. The van der Waals surface area contributed by atoms with Crippen LogP contribution in [0.3, 0.4) is 0 Å². The van der Waals surface area contributed by atoms with Crippen LogP contribution in [0.25, 0.3) is 10.9 Å². The molecule has 1 aromatic carbocycles. The fourth-order valence-electron chi connectivity index (χ4n) is 2.30. The van der Waals surface area contributed by atoms with Crippen LogP contribution >= 0.6 is 0 Å². The third-order valence-electron chi connectivity index (χ3n) is 3.44. The highest BCUT2D eigenvalue weighted by Crippen LogP contribution is 2.20. The minimum absolute atomic E-state index is 1.07. The van der Waals surface area contributed by atoms with Crippen LogP contribution in [0.1, 0.15) is 0 Å². The molecule has 3 heteroatoms. The van der Waals surface area contributed by atoms with Gasteiger partial charge in [0.2, 0.25) is 0 Å². The highest BCUT2D eigenvalue weighted by atomic mass is 15.2. The molecule has 0 unspecified atom stereocenters. The maximum atomic E-state index is 4.52. The summed E-state index contributed by atoms with van der Waals surface area (Å²) in [5.74, 6) is 0. The first-order valence-corrected chi connectivity index (χ1v) is 6.11. The number of aromatic nitrogens is 1. The standard InChI is InChI=1S/C14H17N3/c1-16-6-8-17(9-7-16)13-10-12-4-2-3-5-14(12)15-11-13/h2-5,10-11H,6-9H2,1H3. The number of nitrogens with zero attached hydrogens (tertiary/aromatic N) is 3. The first-order valence-electron chi connectivity index (χ1n) is 6.11. The van der Waals surface area contributed by atoms with Gasteiger partial charge in [-0.1, -0.05) is 18.2 Å². The molecule has 0 aliphatic carbocycles. The van der Waals surface area contributed by atoms with Crippen molar-refractivity contribution in [2.45, 2.75) is 0 Å². The van der Waals surface area contributed by atoms with Crippen molar-refractivity contribution in [3.8, 4) is 0 Å². The summed E-state index contributed by atoms with van der Waals surface area (Å²) in [7, 11) is 2.18. The summed E-state index contributed by atoms with van der Waals surface area (Å²) in [6, 6.07) is 10.5. The third-order valence-corrected chi connectivity index (χ3v) is 3.44. The van der Waals surface area contributed by atoms with Crippen LogP contribution in [0.2, 0.25) is 0 Å². The van der Waals surface area contributed by atoms with Crippen molar-refractivity contribution in [2.75, 3.05) is 38.1 Å². The van der Waals surface area contributed by atoms with Crippen molar-refractivity contribution in [2.24, 2.45) is 0 Å². The topological polar surface area (TPSA) is 19.4 Å². The second kappa shape index (κ2) is 4.34. The lowest BCUT2D eigenvalue weighted by Gasteiger charge is -2.33. The summed E-state index contributed by atoms with van der Waals surface area (Å²) >= 11 is 0. The average Bonchev–Trinajstić information content (AvgIpc) is 2.39. The molecule has 1 fully saturated rings. The van der Waals surface area contributed by atoms with Crippen LogP contribution in [0.15, 0.2) is 36.5 Å². The number of piperazine rings is 1. The lowest BCUT2D eigenvalue weighted by molar-refractivity contribution is 0.313. The van der Waals surface area contributed by atoms with Gasteiger partial charge in [0.1, 0.15) is 0 Å². The Bertz CT molecular complexity index is 516. The lowest BCUT2D eigenvalue weighted by Crippen LogP contribution is -2.44. The van der Waals surface area contributed by atoms with Gasteiger partial charge in [0, 0.05) is 31.6 Å². The molecule has 0 saturated carbocycles. The first-order chi connectivity index (χ1) is 8.33. The number of hydrogen-bond acceptors (Lipinski definition) is 3. The average molecular weight is 227 g/mol. The maximum absolute atomic E-state index is 4.52. The number of fused-ring (bicyclic) bond motifs is 1. The SMILES string of the molecule is CN1CCN(c2cnc3ccccc3c2)CC1. The summed E-state index contributed by atoms with van der Waals surface area (Å²) in [6.07, 6.45) is 1.99. The van der Waals surface area contributed by atoms with Gasteiger partial charge in [-0.3, -0.25) is 4.98 Å². The Kier molecular flexibility index (Phi) is 2.69. The van der Waals surface area contributed by atoms with Crippen molar-refractivity contribution >= 4 is 16.6 Å². The first kappa shape index (κ1) is 10.5. The number of rotatable bonds is 1. The van der Waals surface area contributed by atoms with E-state index in [-0.39, 0.29) is 0 Å². The Morgan fingerprint density at radius 3 is 2.65 bits per heavy atom.